The van der Waals surface area contributed by atoms with Gasteiger partial charge >= 0.3 is 0 Å². The summed E-state index contributed by atoms with van der Waals surface area (Å²) < 4.78 is 11.6. The number of nitrogens with one attached hydrogen (secondary N) is 2. The normalized spacial score (nSPS) is 12.4. The summed E-state index contributed by atoms with van der Waals surface area (Å²) in [5.74, 6) is 1.39. The second-order valence-corrected chi connectivity index (χ2v) is 8.45. The van der Waals surface area contributed by atoms with Gasteiger partial charge in [0, 0.05) is 11.6 Å². The SMILES string of the molecule is C.CC.CCCCOc1c(Cl)cc(C(C)(C)c2ccc(OCC3=CNCN3)cc2)cc1Cl. The highest BCUT2D eigenvalue weighted by Crippen LogP contribution is 2.40. The molecule has 0 saturated heterocycles. The van der Waals surface area contributed by atoms with Crippen LogP contribution in [0.3, 0.4) is 0 Å². The molecule has 0 aliphatic carbocycles. The molecule has 4 nitrogen and oxygen atoms in total. The van der Waals surface area contributed by atoms with Gasteiger partial charge in [0.05, 0.1) is 29.0 Å². The molecule has 2 N–H and O–H groups in total. The van der Waals surface area contributed by atoms with Crippen molar-refractivity contribution in [2.45, 2.75) is 60.3 Å². The minimum absolute atomic E-state index is 0. The quantitative estimate of drug-likeness (QED) is 0.363. The van der Waals surface area contributed by atoms with E-state index in [-0.39, 0.29) is 12.8 Å². The van der Waals surface area contributed by atoms with Gasteiger partial charge in [-0.25, -0.2) is 0 Å². The Morgan fingerprint density at radius 1 is 0.969 bits per heavy atom. The first-order valence-electron chi connectivity index (χ1n) is 10.9. The molecule has 0 aromatic heterocycles. The van der Waals surface area contributed by atoms with Gasteiger partial charge < -0.3 is 20.1 Å². The molecule has 0 amide bonds. The molecular weight excluding hydrogens is 443 g/mol. The van der Waals surface area contributed by atoms with Gasteiger partial charge in [-0.3, -0.25) is 0 Å². The van der Waals surface area contributed by atoms with E-state index in [2.05, 4.69) is 43.5 Å². The monoisotopic (exact) mass is 480 g/mol. The second-order valence-electron chi connectivity index (χ2n) is 7.64. The zero-order valence-corrected chi connectivity index (χ0v) is 20.7. The maximum atomic E-state index is 6.49. The fourth-order valence-electron chi connectivity index (χ4n) is 3.16. The maximum Gasteiger partial charge on any atom is 0.156 e. The first-order valence-corrected chi connectivity index (χ1v) is 11.7. The van der Waals surface area contributed by atoms with Crippen LogP contribution in [0.2, 0.25) is 10.0 Å². The number of hydrogen-bond donors (Lipinski definition) is 2. The highest BCUT2D eigenvalue weighted by atomic mass is 35.5. The Balaban J connectivity index is 0.00000166. The van der Waals surface area contributed by atoms with E-state index >= 15 is 0 Å². The van der Waals surface area contributed by atoms with E-state index in [0.717, 1.165) is 42.1 Å². The first kappa shape index (κ1) is 28.0. The molecule has 2 aromatic rings. The Kier molecular flexibility index (Phi) is 11.8. The zero-order chi connectivity index (χ0) is 22.9. The Morgan fingerprint density at radius 3 is 2.12 bits per heavy atom. The molecule has 0 bridgehead atoms. The van der Waals surface area contributed by atoms with Crippen molar-refractivity contribution in [1.82, 2.24) is 10.6 Å². The van der Waals surface area contributed by atoms with Crippen molar-refractivity contribution < 1.29 is 9.47 Å². The number of halogens is 2. The molecule has 1 aliphatic heterocycles. The molecule has 0 radical (unpaired) electrons. The van der Waals surface area contributed by atoms with Crippen LogP contribution in [0, 0.1) is 0 Å². The topological polar surface area (TPSA) is 42.5 Å². The van der Waals surface area contributed by atoms with Crippen molar-refractivity contribution in [2.75, 3.05) is 19.9 Å². The van der Waals surface area contributed by atoms with Gasteiger partial charge in [-0.1, -0.05) is 83.8 Å². The fourth-order valence-corrected chi connectivity index (χ4v) is 3.75. The maximum absolute atomic E-state index is 6.49. The minimum Gasteiger partial charge on any atom is -0.490 e. The summed E-state index contributed by atoms with van der Waals surface area (Å²) in [7, 11) is 0. The summed E-state index contributed by atoms with van der Waals surface area (Å²) in [6.07, 6.45) is 3.96. The molecule has 1 heterocycles. The highest BCUT2D eigenvalue weighted by Gasteiger charge is 2.25. The lowest BCUT2D eigenvalue weighted by atomic mass is 9.78. The van der Waals surface area contributed by atoms with Gasteiger partial charge in [-0.05, 0) is 41.8 Å². The average Bonchev–Trinajstić information content (AvgIpc) is 3.29. The van der Waals surface area contributed by atoms with Crippen molar-refractivity contribution in [1.29, 1.82) is 0 Å². The van der Waals surface area contributed by atoms with E-state index < -0.39 is 0 Å². The van der Waals surface area contributed by atoms with E-state index in [1.165, 1.54) is 0 Å². The average molecular weight is 482 g/mol. The smallest absolute Gasteiger partial charge is 0.156 e. The van der Waals surface area contributed by atoms with Crippen LogP contribution in [-0.2, 0) is 5.41 Å². The highest BCUT2D eigenvalue weighted by molar-refractivity contribution is 6.37. The molecular formula is C26H38Cl2N2O2. The lowest BCUT2D eigenvalue weighted by Crippen LogP contribution is -2.19. The van der Waals surface area contributed by atoms with Crippen LogP contribution in [0.4, 0.5) is 0 Å². The van der Waals surface area contributed by atoms with E-state index in [0.29, 0.717) is 29.0 Å². The van der Waals surface area contributed by atoms with Crippen molar-refractivity contribution >= 4 is 23.2 Å². The lowest BCUT2D eigenvalue weighted by molar-refractivity contribution is 0.309. The van der Waals surface area contributed by atoms with Gasteiger partial charge in [-0.15, -0.1) is 0 Å². The number of hydrogen-bond acceptors (Lipinski definition) is 4. The van der Waals surface area contributed by atoms with Crippen molar-refractivity contribution in [2.24, 2.45) is 0 Å². The standard InChI is InChI=1S/C23H28Cl2N2O2.C2H6.CH4/c1-4-5-10-28-22-20(24)11-17(12-21(22)25)23(2,3)16-6-8-19(9-7-16)29-14-18-13-26-15-27-18;1-2;/h6-9,11-13,26-27H,4-5,10,14-15H2,1-3H3;1-2H3;1H4. The van der Waals surface area contributed by atoms with Crippen molar-refractivity contribution in [3.05, 3.63) is 69.5 Å². The Morgan fingerprint density at radius 2 is 1.59 bits per heavy atom. The number of ether oxygens (including phenoxy) is 2. The molecule has 2 aromatic carbocycles. The molecule has 0 spiro atoms. The minimum atomic E-state index is -0.271. The van der Waals surface area contributed by atoms with E-state index in [1.54, 1.807) is 0 Å². The van der Waals surface area contributed by atoms with Crippen LogP contribution < -0.4 is 20.1 Å². The molecule has 0 saturated carbocycles. The molecule has 0 atom stereocenters. The van der Waals surface area contributed by atoms with Gasteiger partial charge in [-0.2, -0.15) is 0 Å². The van der Waals surface area contributed by atoms with Gasteiger partial charge in [0.2, 0.25) is 0 Å². The molecule has 3 rings (SSSR count). The molecule has 0 unspecified atom stereocenters. The van der Waals surface area contributed by atoms with Crippen LogP contribution in [0.1, 0.15) is 66.0 Å². The first-order chi connectivity index (χ1) is 14.9. The zero-order valence-electron chi connectivity index (χ0n) is 19.1. The summed E-state index contributed by atoms with van der Waals surface area (Å²) >= 11 is 13.0. The summed E-state index contributed by atoms with van der Waals surface area (Å²) in [5.41, 5.74) is 2.96. The molecule has 1 aliphatic rings. The number of unbranched alkanes of at least 4 members (excludes halogenated alkanes) is 1. The predicted octanol–water partition coefficient (Wildman–Crippen LogP) is 7.53. The molecule has 6 heteroatoms. The summed E-state index contributed by atoms with van der Waals surface area (Å²) in [6, 6.07) is 12.0. The van der Waals surface area contributed by atoms with Gasteiger partial charge in [0.25, 0.3) is 0 Å². The van der Waals surface area contributed by atoms with Gasteiger partial charge in [0.1, 0.15) is 12.4 Å². The lowest BCUT2D eigenvalue weighted by Gasteiger charge is -2.27. The molecule has 32 heavy (non-hydrogen) atoms. The van der Waals surface area contributed by atoms with Gasteiger partial charge in [0.15, 0.2) is 5.75 Å². The van der Waals surface area contributed by atoms with Crippen LogP contribution >= 0.6 is 23.2 Å². The van der Waals surface area contributed by atoms with Crippen molar-refractivity contribution in [3.8, 4) is 11.5 Å². The third-order valence-corrected chi connectivity index (χ3v) is 5.69. The third-order valence-electron chi connectivity index (χ3n) is 5.13. The van der Waals surface area contributed by atoms with Crippen LogP contribution in [0.15, 0.2) is 48.3 Å². The third kappa shape index (κ3) is 7.25. The Bertz CT molecular complexity index is 842. The van der Waals surface area contributed by atoms with Crippen LogP contribution in [0.25, 0.3) is 0 Å². The predicted molar refractivity (Wildman–Crippen MR) is 138 cm³/mol. The summed E-state index contributed by atoms with van der Waals surface area (Å²) in [4.78, 5) is 0. The molecule has 178 valence electrons. The Hall–Kier alpha value is -2.04. The number of rotatable bonds is 9. The van der Waals surface area contributed by atoms with Crippen LogP contribution in [0.5, 0.6) is 11.5 Å². The van der Waals surface area contributed by atoms with Crippen molar-refractivity contribution in [3.63, 3.8) is 0 Å². The Labute approximate surface area is 204 Å². The van der Waals surface area contributed by atoms with E-state index in [9.17, 15) is 0 Å². The summed E-state index contributed by atoms with van der Waals surface area (Å²) in [5, 5.41) is 7.39. The molecule has 0 fully saturated rings. The van der Waals surface area contributed by atoms with E-state index in [1.807, 2.05) is 44.3 Å². The van der Waals surface area contributed by atoms with Crippen LogP contribution in [-0.4, -0.2) is 19.9 Å². The second kappa shape index (κ2) is 13.5. The number of benzene rings is 2. The van der Waals surface area contributed by atoms with E-state index in [4.69, 9.17) is 32.7 Å². The largest absolute Gasteiger partial charge is 0.490 e. The fraction of sp³-hybridized carbons (Fsp3) is 0.462. The summed E-state index contributed by atoms with van der Waals surface area (Å²) in [6.45, 7) is 12.3.